The van der Waals surface area contributed by atoms with Crippen molar-refractivity contribution in [1.29, 1.82) is 0 Å². The van der Waals surface area contributed by atoms with Crippen molar-refractivity contribution in [3.63, 3.8) is 0 Å². The molecule has 0 amide bonds. The van der Waals surface area contributed by atoms with Crippen LogP contribution in [0.2, 0.25) is 0 Å². The van der Waals surface area contributed by atoms with Crippen LogP contribution in [0.15, 0.2) is 28.5 Å². The Hall–Kier alpha value is -1.09. The van der Waals surface area contributed by atoms with E-state index in [1.54, 1.807) is 0 Å². The Labute approximate surface area is 72.2 Å². The topological polar surface area (TPSA) is 36.4 Å². The molecule has 0 aromatic heterocycles. The smallest absolute Gasteiger partial charge is 0.0800 e. The van der Waals surface area contributed by atoms with Gasteiger partial charge in [0.25, 0.3) is 0 Å². The maximum Gasteiger partial charge on any atom is 0.0800 e. The second kappa shape index (κ2) is 2.45. The molecular weight excluding hydrogens is 150 g/mol. The largest absolute Gasteiger partial charge is 0.319 e. The second-order valence-corrected chi connectivity index (χ2v) is 3.75. The number of aliphatic imine (C=N–C) groups is 1. The van der Waals surface area contributed by atoms with Crippen molar-refractivity contribution in [1.82, 2.24) is 10.9 Å². The van der Waals surface area contributed by atoms with Gasteiger partial charge in [0.2, 0.25) is 0 Å². The monoisotopic (exact) mass is 163 g/mol. The summed E-state index contributed by atoms with van der Waals surface area (Å²) >= 11 is 0. The van der Waals surface area contributed by atoms with E-state index in [1.807, 2.05) is 6.21 Å². The fraction of sp³-hybridized carbons (Fsp3) is 0.444. The lowest BCUT2D eigenvalue weighted by atomic mass is 9.95. The fourth-order valence-corrected chi connectivity index (χ4v) is 1.23. The second-order valence-electron chi connectivity index (χ2n) is 3.75. The van der Waals surface area contributed by atoms with Crippen molar-refractivity contribution in [2.45, 2.75) is 13.8 Å². The fourth-order valence-electron chi connectivity index (χ4n) is 1.23. The molecule has 0 saturated heterocycles. The van der Waals surface area contributed by atoms with Crippen LogP contribution in [0.25, 0.3) is 0 Å². The van der Waals surface area contributed by atoms with Gasteiger partial charge in [0.1, 0.15) is 0 Å². The number of hydrogen-bond donors (Lipinski definition) is 2. The number of nitrogens with one attached hydrogen (secondary N) is 2. The molecule has 0 aliphatic carbocycles. The zero-order valence-electron chi connectivity index (χ0n) is 7.39. The lowest BCUT2D eigenvalue weighted by molar-refractivity contribution is 0.678. The standard InChI is InChI=1S/C9H13N3/c1-9(2)4-3-7-8(10-6-9)5-11-12-7/h3-4,6,11-12H,5H2,1-2H3. The van der Waals surface area contributed by atoms with Crippen LogP contribution in [0.4, 0.5) is 0 Å². The highest BCUT2D eigenvalue weighted by Gasteiger charge is 2.17. The molecule has 0 fully saturated rings. The first-order chi connectivity index (χ1) is 5.67. The molecule has 0 spiro atoms. The minimum absolute atomic E-state index is 0.0754. The van der Waals surface area contributed by atoms with Gasteiger partial charge < -0.3 is 5.43 Å². The molecule has 0 bridgehead atoms. The maximum atomic E-state index is 4.41. The van der Waals surface area contributed by atoms with Gasteiger partial charge >= 0.3 is 0 Å². The summed E-state index contributed by atoms with van der Waals surface area (Å²) in [5.74, 6) is 0. The molecule has 2 rings (SSSR count). The molecule has 0 aromatic carbocycles. The molecule has 0 aromatic rings. The summed E-state index contributed by atoms with van der Waals surface area (Å²) in [5.41, 5.74) is 8.36. The van der Waals surface area contributed by atoms with Gasteiger partial charge in [-0.25, -0.2) is 5.43 Å². The molecule has 0 saturated carbocycles. The molecule has 64 valence electrons. The van der Waals surface area contributed by atoms with Crippen LogP contribution in [0.3, 0.4) is 0 Å². The quantitative estimate of drug-likeness (QED) is 0.558. The maximum absolute atomic E-state index is 4.41. The molecule has 3 nitrogen and oxygen atoms in total. The number of allylic oxidation sites excluding steroid dienone is 2. The molecule has 2 aliphatic heterocycles. The van der Waals surface area contributed by atoms with E-state index in [2.05, 4.69) is 41.8 Å². The third kappa shape index (κ3) is 1.28. The number of hydrogen-bond acceptors (Lipinski definition) is 3. The Morgan fingerprint density at radius 3 is 3.17 bits per heavy atom. The van der Waals surface area contributed by atoms with Crippen molar-refractivity contribution in [3.8, 4) is 0 Å². The Morgan fingerprint density at radius 1 is 1.50 bits per heavy atom. The normalized spacial score (nSPS) is 25.2. The van der Waals surface area contributed by atoms with Crippen LogP contribution in [0.5, 0.6) is 0 Å². The van der Waals surface area contributed by atoms with Crippen LogP contribution in [-0.4, -0.2) is 12.8 Å². The van der Waals surface area contributed by atoms with Gasteiger partial charge in [-0.1, -0.05) is 19.9 Å². The predicted molar refractivity (Wildman–Crippen MR) is 49.6 cm³/mol. The number of hydrazine groups is 1. The van der Waals surface area contributed by atoms with Crippen molar-refractivity contribution < 1.29 is 0 Å². The SMILES string of the molecule is CC1(C)C=CC2=C(CNN2)N=C1. The van der Waals surface area contributed by atoms with Gasteiger partial charge in [-0.3, -0.25) is 4.99 Å². The third-order valence-corrected chi connectivity index (χ3v) is 2.02. The summed E-state index contributed by atoms with van der Waals surface area (Å²) < 4.78 is 0. The van der Waals surface area contributed by atoms with Crippen molar-refractivity contribution in [2.75, 3.05) is 6.54 Å². The highest BCUT2D eigenvalue weighted by Crippen LogP contribution is 2.21. The van der Waals surface area contributed by atoms with Crippen LogP contribution in [-0.2, 0) is 0 Å². The highest BCUT2D eigenvalue weighted by atomic mass is 15.4. The third-order valence-electron chi connectivity index (χ3n) is 2.02. The first-order valence-electron chi connectivity index (χ1n) is 4.14. The van der Waals surface area contributed by atoms with Gasteiger partial charge in [0.15, 0.2) is 0 Å². The van der Waals surface area contributed by atoms with Gasteiger partial charge in [0.05, 0.1) is 17.9 Å². The molecule has 0 atom stereocenters. The van der Waals surface area contributed by atoms with Crippen LogP contribution < -0.4 is 10.9 Å². The molecule has 12 heavy (non-hydrogen) atoms. The summed E-state index contributed by atoms with van der Waals surface area (Å²) in [5, 5.41) is 0. The Balaban J connectivity index is 2.34. The highest BCUT2D eigenvalue weighted by molar-refractivity contribution is 5.70. The molecule has 2 N–H and O–H groups in total. The van der Waals surface area contributed by atoms with Crippen LogP contribution in [0, 0.1) is 5.41 Å². The zero-order chi connectivity index (χ0) is 8.60. The first kappa shape index (κ1) is 7.55. The Morgan fingerprint density at radius 2 is 2.33 bits per heavy atom. The van der Waals surface area contributed by atoms with E-state index in [0.717, 1.165) is 17.9 Å². The van der Waals surface area contributed by atoms with Crippen molar-refractivity contribution >= 4 is 6.21 Å². The molecule has 2 heterocycles. The molecule has 0 radical (unpaired) electrons. The lowest BCUT2D eigenvalue weighted by Gasteiger charge is -2.11. The molecule has 0 unspecified atom stereocenters. The molecule has 3 heteroatoms. The van der Waals surface area contributed by atoms with E-state index in [-0.39, 0.29) is 5.41 Å². The van der Waals surface area contributed by atoms with Crippen LogP contribution in [0.1, 0.15) is 13.8 Å². The Bertz CT molecular complexity index is 258. The predicted octanol–water partition coefficient (Wildman–Crippen LogP) is 0.973. The van der Waals surface area contributed by atoms with Gasteiger partial charge in [0, 0.05) is 11.6 Å². The van der Waals surface area contributed by atoms with Gasteiger partial charge in [-0.2, -0.15) is 0 Å². The average molecular weight is 163 g/mol. The van der Waals surface area contributed by atoms with Crippen LogP contribution >= 0.6 is 0 Å². The lowest BCUT2D eigenvalue weighted by Crippen LogP contribution is -2.23. The summed E-state index contributed by atoms with van der Waals surface area (Å²) in [7, 11) is 0. The Kier molecular flexibility index (Phi) is 1.54. The average Bonchev–Trinajstić information content (AvgIpc) is 2.40. The summed E-state index contributed by atoms with van der Waals surface area (Å²) in [4.78, 5) is 4.41. The van der Waals surface area contributed by atoms with E-state index in [1.165, 1.54) is 0 Å². The minimum Gasteiger partial charge on any atom is -0.319 e. The van der Waals surface area contributed by atoms with E-state index < -0.39 is 0 Å². The zero-order valence-corrected chi connectivity index (χ0v) is 7.39. The van der Waals surface area contributed by atoms with Crippen molar-refractivity contribution in [3.05, 3.63) is 23.5 Å². The summed E-state index contributed by atoms with van der Waals surface area (Å²) in [6, 6.07) is 0. The van der Waals surface area contributed by atoms with E-state index >= 15 is 0 Å². The first-order valence-corrected chi connectivity index (χ1v) is 4.14. The number of rotatable bonds is 0. The molecule has 2 aliphatic rings. The summed E-state index contributed by atoms with van der Waals surface area (Å²) in [6.07, 6.45) is 6.22. The van der Waals surface area contributed by atoms with Crippen molar-refractivity contribution in [2.24, 2.45) is 10.4 Å². The minimum atomic E-state index is 0.0754. The molecular formula is C9H13N3. The van der Waals surface area contributed by atoms with Gasteiger partial charge in [-0.15, -0.1) is 0 Å². The van der Waals surface area contributed by atoms with E-state index in [0.29, 0.717) is 0 Å². The summed E-state index contributed by atoms with van der Waals surface area (Å²) in [6.45, 7) is 5.09. The number of nitrogens with zero attached hydrogens (tertiary/aromatic N) is 1. The van der Waals surface area contributed by atoms with E-state index in [9.17, 15) is 0 Å². The van der Waals surface area contributed by atoms with E-state index in [4.69, 9.17) is 0 Å². The van der Waals surface area contributed by atoms with Gasteiger partial charge in [-0.05, 0) is 6.08 Å².